The third kappa shape index (κ3) is 5.09. The van der Waals surface area contributed by atoms with Crippen molar-refractivity contribution in [3.05, 3.63) is 93.7 Å². The molecular weight excluding hydrogens is 577 g/mol. The maximum Gasteiger partial charge on any atom is 0.338 e. The summed E-state index contributed by atoms with van der Waals surface area (Å²) in [4.78, 5) is 31.7. The van der Waals surface area contributed by atoms with E-state index in [0.29, 0.717) is 26.4 Å². The molecule has 0 saturated heterocycles. The van der Waals surface area contributed by atoms with Crippen molar-refractivity contribution in [1.82, 2.24) is 4.57 Å². The van der Waals surface area contributed by atoms with Gasteiger partial charge in [-0.15, -0.1) is 0 Å². The van der Waals surface area contributed by atoms with Gasteiger partial charge in [-0.25, -0.2) is 9.79 Å². The van der Waals surface area contributed by atoms with Crippen LogP contribution >= 0.6 is 33.9 Å². The van der Waals surface area contributed by atoms with E-state index in [0.717, 1.165) is 20.3 Å². The minimum Gasteiger partial charge on any atom is -0.478 e. The van der Waals surface area contributed by atoms with Crippen LogP contribution in [-0.2, 0) is 9.53 Å². The summed E-state index contributed by atoms with van der Waals surface area (Å²) in [6.45, 7) is 5.71. The standard InChI is InChI=1S/C26H22IN3O4S/c1-4-33-25(32)22-16(3)29-26-30(23(22)18-8-5-15(2)6-9-18)24(31)21(35-26)14-17-7-10-20(19(27)13-17)34-12-11-28/h5-10,13-14,23H,4,12H2,1-3H3/b21-14+/t23-/m0/s1. The van der Waals surface area contributed by atoms with E-state index in [-0.39, 0.29) is 18.8 Å². The first-order chi connectivity index (χ1) is 16.8. The molecule has 9 heteroatoms. The Balaban J connectivity index is 1.87. The summed E-state index contributed by atoms with van der Waals surface area (Å²) >= 11 is 3.41. The maximum atomic E-state index is 13.6. The number of nitrogens with zero attached hydrogens (tertiary/aromatic N) is 3. The fourth-order valence-electron chi connectivity index (χ4n) is 3.84. The van der Waals surface area contributed by atoms with Gasteiger partial charge < -0.3 is 9.47 Å². The van der Waals surface area contributed by atoms with Crippen LogP contribution in [0.4, 0.5) is 0 Å². The van der Waals surface area contributed by atoms with Gasteiger partial charge in [0.2, 0.25) is 0 Å². The number of hydrogen-bond donors (Lipinski definition) is 0. The monoisotopic (exact) mass is 599 g/mol. The minimum atomic E-state index is -0.630. The summed E-state index contributed by atoms with van der Waals surface area (Å²) in [5.74, 6) is 0.135. The van der Waals surface area contributed by atoms with Gasteiger partial charge in [0.25, 0.3) is 5.56 Å². The molecule has 2 heterocycles. The average molecular weight is 599 g/mol. The lowest BCUT2D eigenvalue weighted by atomic mass is 9.95. The molecule has 0 fully saturated rings. The molecule has 4 rings (SSSR count). The second-order valence-corrected chi connectivity index (χ2v) is 10.0. The van der Waals surface area contributed by atoms with Crippen molar-refractivity contribution in [1.29, 1.82) is 5.26 Å². The second kappa shape index (κ2) is 10.6. The van der Waals surface area contributed by atoms with Crippen molar-refractivity contribution < 1.29 is 14.3 Å². The number of esters is 1. The van der Waals surface area contributed by atoms with Crippen molar-refractivity contribution in [3.63, 3.8) is 0 Å². The Hall–Kier alpha value is -3.23. The zero-order chi connectivity index (χ0) is 25.1. The summed E-state index contributed by atoms with van der Waals surface area (Å²) < 4.78 is 13.6. The molecule has 1 aliphatic rings. The quantitative estimate of drug-likeness (QED) is 0.319. The Bertz CT molecular complexity index is 1550. The summed E-state index contributed by atoms with van der Waals surface area (Å²) in [7, 11) is 0. The molecule has 2 aromatic carbocycles. The van der Waals surface area contributed by atoms with Crippen molar-refractivity contribution in [2.24, 2.45) is 4.99 Å². The summed E-state index contributed by atoms with van der Waals surface area (Å²) in [5, 5.41) is 8.74. The average Bonchev–Trinajstić information content (AvgIpc) is 3.12. The lowest BCUT2D eigenvalue weighted by Crippen LogP contribution is -2.39. The normalized spacial score (nSPS) is 15.3. The second-order valence-electron chi connectivity index (χ2n) is 7.85. The van der Waals surface area contributed by atoms with Gasteiger partial charge in [0.05, 0.1) is 32.0 Å². The highest BCUT2D eigenvalue weighted by Gasteiger charge is 2.33. The molecule has 1 atom stereocenters. The van der Waals surface area contributed by atoms with Gasteiger partial charge in [-0.1, -0.05) is 47.2 Å². The molecule has 0 spiro atoms. The number of hydrogen-bond acceptors (Lipinski definition) is 7. The van der Waals surface area contributed by atoms with Crippen LogP contribution in [0.15, 0.2) is 63.5 Å². The van der Waals surface area contributed by atoms with Crippen LogP contribution in [0, 0.1) is 21.8 Å². The summed E-state index contributed by atoms with van der Waals surface area (Å²) in [6.07, 6.45) is 1.80. The zero-order valence-electron chi connectivity index (χ0n) is 19.4. The molecule has 35 heavy (non-hydrogen) atoms. The Morgan fingerprint density at radius 3 is 2.66 bits per heavy atom. The van der Waals surface area contributed by atoms with Gasteiger partial charge in [-0.2, -0.15) is 5.26 Å². The molecule has 3 aromatic rings. The fourth-order valence-corrected chi connectivity index (χ4v) is 5.58. The number of rotatable bonds is 6. The van der Waals surface area contributed by atoms with Crippen LogP contribution in [0.5, 0.6) is 5.75 Å². The van der Waals surface area contributed by atoms with E-state index in [1.807, 2.05) is 49.4 Å². The third-order valence-electron chi connectivity index (χ3n) is 5.46. The molecule has 0 N–H and O–H groups in total. The van der Waals surface area contributed by atoms with Gasteiger partial charge in [-0.3, -0.25) is 9.36 Å². The predicted octanol–water partition coefficient (Wildman–Crippen LogP) is 3.61. The van der Waals surface area contributed by atoms with Crippen molar-refractivity contribution in [2.45, 2.75) is 26.8 Å². The largest absolute Gasteiger partial charge is 0.478 e. The van der Waals surface area contributed by atoms with E-state index in [9.17, 15) is 9.59 Å². The van der Waals surface area contributed by atoms with Crippen LogP contribution in [0.3, 0.4) is 0 Å². The number of aryl methyl sites for hydroxylation is 1. The van der Waals surface area contributed by atoms with Crippen molar-refractivity contribution in [2.75, 3.05) is 13.2 Å². The number of thiazole rings is 1. The molecule has 0 radical (unpaired) electrons. The summed E-state index contributed by atoms with van der Waals surface area (Å²) in [5.41, 5.74) is 3.38. The van der Waals surface area contributed by atoms with E-state index in [1.165, 1.54) is 11.3 Å². The topological polar surface area (TPSA) is 93.7 Å². The number of allylic oxidation sites excluding steroid dienone is 1. The van der Waals surface area contributed by atoms with Crippen molar-refractivity contribution >= 4 is 46.0 Å². The van der Waals surface area contributed by atoms with Crippen LogP contribution in [0.1, 0.15) is 36.6 Å². The Morgan fingerprint density at radius 2 is 2.00 bits per heavy atom. The highest BCUT2D eigenvalue weighted by Crippen LogP contribution is 2.31. The summed E-state index contributed by atoms with van der Waals surface area (Å²) in [6, 6.07) is 14.6. The first kappa shape index (κ1) is 24.9. The zero-order valence-corrected chi connectivity index (χ0v) is 22.3. The number of ether oxygens (including phenoxy) is 2. The molecule has 178 valence electrons. The molecule has 0 unspecified atom stereocenters. The van der Waals surface area contributed by atoms with E-state index >= 15 is 0 Å². The molecule has 0 amide bonds. The van der Waals surface area contributed by atoms with E-state index in [1.54, 1.807) is 30.6 Å². The molecule has 0 aliphatic carbocycles. The van der Waals surface area contributed by atoms with Gasteiger partial charge in [0, 0.05) is 0 Å². The van der Waals surface area contributed by atoms with Crippen LogP contribution in [0.25, 0.3) is 6.08 Å². The lowest BCUT2D eigenvalue weighted by Gasteiger charge is -2.24. The highest BCUT2D eigenvalue weighted by atomic mass is 127. The van der Waals surface area contributed by atoms with Crippen LogP contribution < -0.4 is 19.6 Å². The Morgan fingerprint density at radius 1 is 1.26 bits per heavy atom. The number of halogens is 1. The molecule has 0 saturated carbocycles. The number of aromatic nitrogens is 1. The number of fused-ring (bicyclic) bond motifs is 1. The van der Waals surface area contributed by atoms with E-state index in [4.69, 9.17) is 14.7 Å². The van der Waals surface area contributed by atoms with Crippen molar-refractivity contribution in [3.8, 4) is 11.8 Å². The number of nitriles is 1. The number of carbonyl (C=O) groups is 1. The molecule has 1 aliphatic heterocycles. The fraction of sp³-hybridized carbons (Fsp3) is 0.231. The minimum absolute atomic E-state index is 0.0326. The molecular formula is C26H22IN3O4S. The van der Waals surface area contributed by atoms with Gasteiger partial charge in [0.1, 0.15) is 11.8 Å². The van der Waals surface area contributed by atoms with Crippen LogP contribution in [-0.4, -0.2) is 23.8 Å². The maximum absolute atomic E-state index is 13.6. The van der Waals surface area contributed by atoms with E-state index < -0.39 is 12.0 Å². The van der Waals surface area contributed by atoms with Gasteiger partial charge in [0.15, 0.2) is 11.4 Å². The predicted molar refractivity (Wildman–Crippen MR) is 142 cm³/mol. The first-order valence-electron chi connectivity index (χ1n) is 10.9. The molecule has 0 bridgehead atoms. The van der Waals surface area contributed by atoms with Gasteiger partial charge in [-0.05, 0) is 72.7 Å². The third-order valence-corrected chi connectivity index (χ3v) is 7.28. The Labute approximate surface area is 219 Å². The van der Waals surface area contributed by atoms with Gasteiger partial charge >= 0.3 is 5.97 Å². The number of benzene rings is 2. The molecule has 7 nitrogen and oxygen atoms in total. The van der Waals surface area contributed by atoms with E-state index in [2.05, 4.69) is 27.6 Å². The number of carbonyl (C=O) groups excluding carboxylic acids is 1. The smallest absolute Gasteiger partial charge is 0.338 e. The SMILES string of the molecule is CCOC(=O)C1=C(C)N=c2s/c(=C/c3ccc(OCC#N)c(I)c3)c(=O)n2[C@H]1c1ccc(C)cc1. The Kier molecular flexibility index (Phi) is 7.52. The lowest BCUT2D eigenvalue weighted by molar-refractivity contribution is -0.139. The highest BCUT2D eigenvalue weighted by molar-refractivity contribution is 14.1. The first-order valence-corrected chi connectivity index (χ1v) is 12.8. The van der Waals surface area contributed by atoms with Crippen LogP contribution in [0.2, 0.25) is 0 Å². The molecule has 1 aromatic heterocycles.